The van der Waals surface area contributed by atoms with Gasteiger partial charge in [0.2, 0.25) is 5.13 Å². The number of anilines is 1. The number of halogens is 1. The lowest BCUT2D eigenvalue weighted by Crippen LogP contribution is -2.26. The smallest absolute Gasteiger partial charge is 0.280 e. The van der Waals surface area contributed by atoms with Crippen LogP contribution >= 0.6 is 27.3 Å². The van der Waals surface area contributed by atoms with Crippen LogP contribution in [0.5, 0.6) is 17.2 Å². The highest BCUT2D eigenvalue weighted by Gasteiger charge is 2.23. The Balaban J connectivity index is 1.53. The first-order chi connectivity index (χ1) is 16.1. The molecule has 33 heavy (non-hydrogen) atoms. The molecule has 0 fully saturated rings. The lowest BCUT2D eigenvalue weighted by molar-refractivity contribution is 0.0986. The highest BCUT2D eigenvalue weighted by Crippen LogP contribution is 2.34. The molecule has 0 N–H and O–H groups in total. The van der Waals surface area contributed by atoms with Crippen molar-refractivity contribution in [2.24, 2.45) is 5.10 Å². The number of methoxy groups -OCH3 is 1. The van der Waals surface area contributed by atoms with E-state index in [1.165, 1.54) is 16.3 Å². The summed E-state index contributed by atoms with van der Waals surface area (Å²) in [5, 5.41) is 6.29. The third-order valence-corrected chi connectivity index (χ3v) is 6.43. The lowest BCUT2D eigenvalue weighted by atomic mass is 10.2. The highest BCUT2D eigenvalue weighted by molar-refractivity contribution is 9.10. The molecule has 4 aromatic rings. The zero-order chi connectivity index (χ0) is 22.8. The molecule has 0 bridgehead atoms. The van der Waals surface area contributed by atoms with Crippen LogP contribution in [0.15, 0.2) is 70.2 Å². The first-order valence-corrected chi connectivity index (χ1v) is 11.7. The SMILES string of the molecule is COc1ccc(/C=N/N(C(=O)c2ccc3c(c2)OCCO3)c2nc3ccc(Br)cc3s2)cc1. The first kappa shape index (κ1) is 21.4. The van der Waals surface area contributed by atoms with Crippen LogP contribution in [-0.2, 0) is 0 Å². The summed E-state index contributed by atoms with van der Waals surface area (Å²) < 4.78 is 18.3. The van der Waals surface area contributed by atoms with Crippen molar-refractivity contribution in [3.05, 3.63) is 76.3 Å². The number of benzene rings is 3. The summed E-state index contributed by atoms with van der Waals surface area (Å²) in [5.74, 6) is 1.58. The number of ether oxygens (including phenoxy) is 3. The number of nitrogens with zero attached hydrogens (tertiary/aromatic N) is 3. The van der Waals surface area contributed by atoms with E-state index >= 15 is 0 Å². The predicted octanol–water partition coefficient (Wildman–Crippen LogP) is 5.52. The molecule has 7 nitrogen and oxygen atoms in total. The number of aromatic nitrogens is 1. The second kappa shape index (κ2) is 9.21. The van der Waals surface area contributed by atoms with Gasteiger partial charge >= 0.3 is 0 Å². The second-order valence-corrected chi connectivity index (χ2v) is 9.03. The van der Waals surface area contributed by atoms with Crippen molar-refractivity contribution >= 4 is 54.7 Å². The number of fused-ring (bicyclic) bond motifs is 2. The van der Waals surface area contributed by atoms with E-state index in [0.29, 0.717) is 35.4 Å². The monoisotopic (exact) mass is 523 g/mol. The summed E-state index contributed by atoms with van der Waals surface area (Å²) in [6, 6.07) is 18.3. The molecule has 0 saturated carbocycles. The zero-order valence-corrected chi connectivity index (χ0v) is 19.9. The fraction of sp³-hybridized carbons (Fsp3) is 0.125. The van der Waals surface area contributed by atoms with Crippen LogP contribution in [0, 0.1) is 0 Å². The standard InChI is InChI=1S/C24H18BrN3O4S/c1-30-18-6-2-15(3-7-18)14-26-28(24-27-19-8-5-17(25)13-22(19)33-24)23(29)16-4-9-20-21(12-16)32-11-10-31-20/h2-9,12-14H,10-11H2,1H3/b26-14+. The van der Waals surface area contributed by atoms with Gasteiger partial charge in [-0.2, -0.15) is 10.1 Å². The first-order valence-electron chi connectivity index (χ1n) is 10.1. The highest BCUT2D eigenvalue weighted by atomic mass is 79.9. The Morgan fingerprint density at radius 1 is 1.09 bits per heavy atom. The van der Waals surface area contributed by atoms with Gasteiger partial charge in [0.15, 0.2) is 11.5 Å². The fourth-order valence-electron chi connectivity index (χ4n) is 3.28. The third-order valence-electron chi connectivity index (χ3n) is 4.94. The van der Waals surface area contributed by atoms with Crippen molar-refractivity contribution in [3.63, 3.8) is 0 Å². The number of carbonyl (C=O) groups excluding carboxylic acids is 1. The Kier molecular flexibility index (Phi) is 5.97. The molecular weight excluding hydrogens is 506 g/mol. The largest absolute Gasteiger partial charge is 0.497 e. The number of hydrogen-bond acceptors (Lipinski definition) is 7. The molecule has 0 radical (unpaired) electrons. The van der Waals surface area contributed by atoms with Crippen LogP contribution in [0.4, 0.5) is 5.13 Å². The van der Waals surface area contributed by atoms with Gasteiger partial charge in [0.1, 0.15) is 19.0 Å². The quantitative estimate of drug-likeness (QED) is 0.254. The van der Waals surface area contributed by atoms with Crippen LogP contribution in [0.1, 0.15) is 15.9 Å². The summed E-state index contributed by atoms with van der Waals surface area (Å²) in [6.45, 7) is 0.927. The molecule has 0 saturated heterocycles. The van der Waals surface area contributed by atoms with Gasteiger partial charge in [-0.15, -0.1) is 0 Å². The zero-order valence-electron chi connectivity index (χ0n) is 17.5. The molecule has 1 aromatic heterocycles. The average molecular weight is 524 g/mol. The summed E-state index contributed by atoms with van der Waals surface area (Å²) >= 11 is 4.87. The van der Waals surface area contributed by atoms with Crippen molar-refractivity contribution in [1.82, 2.24) is 4.98 Å². The maximum absolute atomic E-state index is 13.5. The van der Waals surface area contributed by atoms with Crippen LogP contribution < -0.4 is 19.2 Å². The second-order valence-electron chi connectivity index (χ2n) is 7.10. The van der Waals surface area contributed by atoms with Crippen molar-refractivity contribution in [3.8, 4) is 17.2 Å². The Bertz CT molecular complexity index is 1350. The maximum atomic E-state index is 13.5. The van der Waals surface area contributed by atoms with Crippen molar-refractivity contribution in [2.75, 3.05) is 25.3 Å². The molecule has 0 atom stereocenters. The van der Waals surface area contributed by atoms with Crippen LogP contribution in [-0.4, -0.2) is 37.4 Å². The molecule has 5 rings (SSSR count). The van der Waals surface area contributed by atoms with E-state index in [1.54, 1.807) is 31.5 Å². The van der Waals surface area contributed by atoms with Gasteiger partial charge in [-0.25, -0.2) is 4.98 Å². The fourth-order valence-corrected chi connectivity index (χ4v) is 4.75. The van der Waals surface area contributed by atoms with E-state index in [2.05, 4.69) is 26.0 Å². The summed E-state index contributed by atoms with van der Waals surface area (Å²) in [6.07, 6.45) is 1.62. The van der Waals surface area contributed by atoms with Gasteiger partial charge in [-0.1, -0.05) is 27.3 Å². The Morgan fingerprint density at radius 2 is 1.88 bits per heavy atom. The lowest BCUT2D eigenvalue weighted by Gasteiger charge is -2.20. The molecule has 1 aliphatic rings. The summed E-state index contributed by atoms with van der Waals surface area (Å²) in [7, 11) is 1.61. The average Bonchev–Trinajstić information content (AvgIpc) is 3.27. The molecule has 0 spiro atoms. The minimum absolute atomic E-state index is 0.324. The van der Waals surface area contributed by atoms with Gasteiger partial charge in [-0.3, -0.25) is 4.79 Å². The molecule has 1 aliphatic heterocycles. The van der Waals surface area contributed by atoms with Crippen molar-refractivity contribution < 1.29 is 19.0 Å². The summed E-state index contributed by atoms with van der Waals surface area (Å²) in [4.78, 5) is 18.2. The normalized spacial score (nSPS) is 12.8. The van der Waals surface area contributed by atoms with Crippen molar-refractivity contribution in [2.45, 2.75) is 0 Å². The minimum Gasteiger partial charge on any atom is -0.497 e. The van der Waals surface area contributed by atoms with Crippen LogP contribution in [0.25, 0.3) is 10.2 Å². The van der Waals surface area contributed by atoms with E-state index in [4.69, 9.17) is 14.2 Å². The van der Waals surface area contributed by atoms with Gasteiger partial charge in [0.05, 0.1) is 23.5 Å². The molecule has 3 aromatic carbocycles. The van der Waals surface area contributed by atoms with E-state index < -0.39 is 0 Å². The van der Waals surface area contributed by atoms with Gasteiger partial charge in [0, 0.05) is 10.0 Å². The maximum Gasteiger partial charge on any atom is 0.280 e. The minimum atomic E-state index is -0.324. The number of amides is 1. The number of hydrazone groups is 1. The third kappa shape index (κ3) is 4.55. The number of thiazole rings is 1. The topological polar surface area (TPSA) is 73.2 Å². The molecule has 0 aliphatic carbocycles. The van der Waals surface area contributed by atoms with Crippen LogP contribution in [0.3, 0.4) is 0 Å². The van der Waals surface area contributed by atoms with E-state index in [-0.39, 0.29) is 5.91 Å². The molecule has 1 amide bonds. The van der Waals surface area contributed by atoms with Crippen molar-refractivity contribution in [1.29, 1.82) is 0 Å². The molecule has 166 valence electrons. The van der Waals surface area contributed by atoms with E-state index in [1.807, 2.05) is 42.5 Å². The molecular formula is C24H18BrN3O4S. The van der Waals surface area contributed by atoms with Gasteiger partial charge < -0.3 is 14.2 Å². The Labute approximate surface area is 202 Å². The van der Waals surface area contributed by atoms with Gasteiger partial charge in [-0.05, 0) is 66.2 Å². The number of rotatable bonds is 5. The van der Waals surface area contributed by atoms with E-state index in [0.717, 1.165) is 26.0 Å². The van der Waals surface area contributed by atoms with Gasteiger partial charge in [0.25, 0.3) is 5.91 Å². The Hall–Kier alpha value is -3.43. The molecule has 0 unspecified atom stereocenters. The molecule has 2 heterocycles. The number of carbonyl (C=O) groups is 1. The summed E-state index contributed by atoms with van der Waals surface area (Å²) in [5.41, 5.74) is 2.03. The van der Waals surface area contributed by atoms with E-state index in [9.17, 15) is 4.79 Å². The van der Waals surface area contributed by atoms with Crippen LogP contribution in [0.2, 0.25) is 0 Å². The number of hydrogen-bond donors (Lipinski definition) is 0. The predicted molar refractivity (Wildman–Crippen MR) is 132 cm³/mol. The Morgan fingerprint density at radius 3 is 2.67 bits per heavy atom. The molecule has 9 heteroatoms.